The first kappa shape index (κ1) is 21.0. The topological polar surface area (TPSA) is 119 Å². The maximum Gasteiger partial charge on any atom is 0.264 e. The van der Waals surface area contributed by atoms with Gasteiger partial charge in [-0.1, -0.05) is 0 Å². The van der Waals surface area contributed by atoms with Gasteiger partial charge in [0.1, 0.15) is 5.52 Å². The number of aromatic amines is 1. The molecule has 9 nitrogen and oxygen atoms in total. The number of carbonyl (C=O) groups excluding carboxylic acids is 1. The lowest BCUT2D eigenvalue weighted by atomic mass is 10.0. The highest BCUT2D eigenvalue weighted by atomic mass is 32.2. The van der Waals surface area contributed by atoms with E-state index < -0.39 is 15.7 Å². The van der Waals surface area contributed by atoms with Crippen molar-refractivity contribution in [1.29, 1.82) is 0 Å². The SMILES string of the molecule is Cn1cc(-c2cnc3[nH]ccc3n2)c2cc(C(=O)NC(C)(C)COS(C)(=O)=O)ccc21. The second-order valence-electron chi connectivity index (χ2n) is 8.16. The number of fused-ring (bicyclic) bond motifs is 2. The van der Waals surface area contributed by atoms with Crippen molar-refractivity contribution in [3.05, 3.63) is 48.4 Å². The number of benzene rings is 1. The largest absolute Gasteiger partial charge is 0.350 e. The minimum Gasteiger partial charge on any atom is -0.350 e. The van der Waals surface area contributed by atoms with E-state index in [-0.39, 0.29) is 12.5 Å². The first-order chi connectivity index (χ1) is 14.5. The van der Waals surface area contributed by atoms with Crippen LogP contribution in [0, 0.1) is 0 Å². The van der Waals surface area contributed by atoms with Crippen LogP contribution in [0.3, 0.4) is 0 Å². The smallest absolute Gasteiger partial charge is 0.264 e. The van der Waals surface area contributed by atoms with Gasteiger partial charge in [-0.05, 0) is 38.1 Å². The van der Waals surface area contributed by atoms with Crippen LogP contribution in [0.25, 0.3) is 33.3 Å². The number of hydrogen-bond donors (Lipinski definition) is 2. The Morgan fingerprint density at radius 1 is 1.29 bits per heavy atom. The lowest BCUT2D eigenvalue weighted by Gasteiger charge is -2.25. The zero-order valence-corrected chi connectivity index (χ0v) is 18.4. The van der Waals surface area contributed by atoms with Gasteiger partial charge in [-0.3, -0.25) is 8.98 Å². The molecule has 0 aliphatic carbocycles. The molecule has 1 amide bonds. The Bertz CT molecular complexity index is 1400. The molecule has 10 heteroatoms. The quantitative estimate of drug-likeness (QED) is 0.444. The van der Waals surface area contributed by atoms with Gasteiger partial charge in [0.2, 0.25) is 0 Å². The summed E-state index contributed by atoms with van der Waals surface area (Å²) in [6.45, 7) is 3.23. The van der Waals surface area contributed by atoms with E-state index in [4.69, 9.17) is 4.18 Å². The van der Waals surface area contributed by atoms with Crippen molar-refractivity contribution in [3.63, 3.8) is 0 Å². The first-order valence-electron chi connectivity index (χ1n) is 9.59. The molecule has 4 aromatic rings. The third-order valence-corrected chi connectivity index (χ3v) is 5.42. The van der Waals surface area contributed by atoms with Crippen molar-refractivity contribution in [1.82, 2.24) is 24.8 Å². The van der Waals surface area contributed by atoms with Gasteiger partial charge in [-0.15, -0.1) is 0 Å². The highest BCUT2D eigenvalue weighted by molar-refractivity contribution is 7.85. The van der Waals surface area contributed by atoms with E-state index in [1.165, 1.54) is 0 Å². The van der Waals surface area contributed by atoms with Gasteiger partial charge in [0.15, 0.2) is 5.65 Å². The number of nitrogens with zero attached hydrogens (tertiary/aromatic N) is 3. The summed E-state index contributed by atoms with van der Waals surface area (Å²) < 4.78 is 29.4. The van der Waals surface area contributed by atoms with Gasteiger partial charge in [-0.2, -0.15) is 8.42 Å². The van der Waals surface area contributed by atoms with E-state index in [1.807, 2.05) is 29.9 Å². The van der Waals surface area contributed by atoms with Crippen LogP contribution in [0.15, 0.2) is 42.9 Å². The summed E-state index contributed by atoms with van der Waals surface area (Å²) >= 11 is 0. The molecule has 0 bridgehead atoms. The van der Waals surface area contributed by atoms with Crippen LogP contribution in [0.1, 0.15) is 24.2 Å². The minimum atomic E-state index is -3.60. The highest BCUT2D eigenvalue weighted by Crippen LogP contribution is 2.30. The number of H-pyrrole nitrogens is 1. The van der Waals surface area contributed by atoms with E-state index in [0.717, 1.165) is 28.2 Å². The molecule has 0 aliphatic rings. The van der Waals surface area contributed by atoms with Crippen LogP contribution < -0.4 is 5.32 Å². The maximum atomic E-state index is 12.9. The average molecular weight is 442 g/mol. The van der Waals surface area contributed by atoms with Crippen molar-refractivity contribution in [2.45, 2.75) is 19.4 Å². The zero-order chi connectivity index (χ0) is 22.4. The molecule has 2 N–H and O–H groups in total. The summed E-state index contributed by atoms with van der Waals surface area (Å²) in [4.78, 5) is 25.0. The summed E-state index contributed by atoms with van der Waals surface area (Å²) in [7, 11) is -1.67. The second-order valence-corrected chi connectivity index (χ2v) is 9.80. The molecule has 0 saturated heterocycles. The number of nitrogens with one attached hydrogen (secondary N) is 2. The molecule has 1 aromatic carbocycles. The molecular weight excluding hydrogens is 418 g/mol. The maximum absolute atomic E-state index is 12.9. The fourth-order valence-electron chi connectivity index (χ4n) is 3.37. The number of rotatable bonds is 6. The standard InChI is InChI=1S/C21H23N5O4S/c1-21(2,12-30-31(4,28)29)25-20(27)13-5-6-18-14(9-13)15(11-26(18)3)17-10-23-19-16(24-17)7-8-22-19/h5-11H,12H2,1-4H3,(H,22,23)(H,25,27). The van der Waals surface area contributed by atoms with Gasteiger partial charge in [-0.25, -0.2) is 9.97 Å². The molecule has 0 radical (unpaired) electrons. The predicted molar refractivity (Wildman–Crippen MR) is 118 cm³/mol. The molecule has 0 unspecified atom stereocenters. The average Bonchev–Trinajstić information content (AvgIpc) is 3.29. The number of aromatic nitrogens is 4. The fourth-order valence-corrected chi connectivity index (χ4v) is 3.88. The molecular formula is C21H23N5O4S. The van der Waals surface area contributed by atoms with E-state index in [2.05, 4.69) is 20.3 Å². The molecule has 162 valence electrons. The third kappa shape index (κ3) is 4.44. The Morgan fingerprint density at radius 3 is 2.81 bits per heavy atom. The number of hydrogen-bond acceptors (Lipinski definition) is 6. The number of amides is 1. The molecule has 3 aromatic heterocycles. The molecule has 4 rings (SSSR count). The van der Waals surface area contributed by atoms with Crippen molar-refractivity contribution < 1.29 is 17.4 Å². The molecule has 0 aliphatic heterocycles. The Hall–Kier alpha value is -3.24. The monoisotopic (exact) mass is 441 g/mol. The van der Waals surface area contributed by atoms with Crippen LogP contribution in [-0.2, 0) is 21.3 Å². The summed E-state index contributed by atoms with van der Waals surface area (Å²) in [5, 5.41) is 3.69. The van der Waals surface area contributed by atoms with E-state index in [9.17, 15) is 13.2 Å². The first-order valence-corrected chi connectivity index (χ1v) is 11.4. The zero-order valence-electron chi connectivity index (χ0n) is 17.6. The van der Waals surface area contributed by atoms with Gasteiger partial charge in [0, 0.05) is 41.5 Å². The lowest BCUT2D eigenvalue weighted by molar-refractivity contribution is 0.0883. The predicted octanol–water partition coefficient (Wildman–Crippen LogP) is 2.60. The van der Waals surface area contributed by atoms with Crippen molar-refractivity contribution >= 4 is 38.1 Å². The summed E-state index contributed by atoms with van der Waals surface area (Å²) in [6, 6.07) is 7.26. The second kappa shape index (κ2) is 7.47. The normalized spacial score (nSPS) is 12.5. The van der Waals surface area contributed by atoms with Crippen LogP contribution in [0.4, 0.5) is 0 Å². The van der Waals surface area contributed by atoms with Crippen LogP contribution >= 0.6 is 0 Å². The Labute approximate surface area is 179 Å². The van der Waals surface area contributed by atoms with Gasteiger partial charge < -0.3 is 14.9 Å². The van der Waals surface area contributed by atoms with Gasteiger partial charge in [0.05, 0.1) is 30.3 Å². The van der Waals surface area contributed by atoms with Crippen molar-refractivity contribution in [3.8, 4) is 11.3 Å². The fraction of sp³-hybridized carbons (Fsp3) is 0.286. The Balaban J connectivity index is 1.67. The van der Waals surface area contributed by atoms with E-state index in [0.29, 0.717) is 16.9 Å². The van der Waals surface area contributed by atoms with E-state index >= 15 is 0 Å². The van der Waals surface area contributed by atoms with E-state index in [1.54, 1.807) is 38.4 Å². The van der Waals surface area contributed by atoms with Crippen molar-refractivity contribution in [2.24, 2.45) is 7.05 Å². The van der Waals surface area contributed by atoms with Crippen molar-refractivity contribution in [2.75, 3.05) is 12.9 Å². The Morgan fingerprint density at radius 2 is 2.06 bits per heavy atom. The molecule has 0 saturated carbocycles. The number of carbonyl (C=O) groups is 1. The number of aryl methyl sites for hydroxylation is 1. The van der Waals surface area contributed by atoms with Gasteiger partial charge >= 0.3 is 0 Å². The minimum absolute atomic E-state index is 0.164. The molecule has 0 fully saturated rings. The lowest BCUT2D eigenvalue weighted by Crippen LogP contribution is -2.47. The van der Waals surface area contributed by atoms with Crippen LogP contribution in [0.2, 0.25) is 0 Å². The van der Waals surface area contributed by atoms with Crippen LogP contribution in [-0.4, -0.2) is 52.2 Å². The summed E-state index contributed by atoms with van der Waals surface area (Å²) in [5.74, 6) is -0.328. The molecule has 3 heterocycles. The molecule has 0 atom stereocenters. The third-order valence-electron chi connectivity index (χ3n) is 4.87. The summed E-state index contributed by atoms with van der Waals surface area (Å²) in [5.41, 5.74) is 3.56. The van der Waals surface area contributed by atoms with Gasteiger partial charge in [0.25, 0.3) is 16.0 Å². The summed E-state index contributed by atoms with van der Waals surface area (Å²) in [6.07, 6.45) is 6.42. The van der Waals surface area contributed by atoms with Crippen LogP contribution in [0.5, 0.6) is 0 Å². The Kier molecular flexibility index (Phi) is 5.06. The molecule has 0 spiro atoms. The molecule has 31 heavy (non-hydrogen) atoms. The highest BCUT2D eigenvalue weighted by Gasteiger charge is 2.24.